The highest BCUT2D eigenvalue weighted by Crippen LogP contribution is 2.11. The largest absolute Gasteiger partial charge is 0.337 e. The van der Waals surface area contributed by atoms with Crippen molar-refractivity contribution < 1.29 is 0 Å². The van der Waals surface area contributed by atoms with Crippen LogP contribution < -0.4 is 22.0 Å². The average Bonchev–Trinajstić information content (AvgIpc) is 2.52. The second-order valence-corrected chi connectivity index (χ2v) is 3.87. The molecule has 1 aromatic rings. The lowest BCUT2D eigenvalue weighted by Crippen LogP contribution is -2.55. The van der Waals surface area contributed by atoms with E-state index in [0.717, 1.165) is 31.9 Å². The van der Waals surface area contributed by atoms with Crippen molar-refractivity contribution in [2.75, 3.05) is 31.2 Å². The first-order valence-corrected chi connectivity index (χ1v) is 6.66. The van der Waals surface area contributed by atoms with Crippen molar-refractivity contribution in [3.05, 3.63) is 30.3 Å². The maximum atomic E-state index is 6.04. The fourth-order valence-electron chi connectivity index (χ4n) is 1.87. The molecule has 0 spiro atoms. The van der Waals surface area contributed by atoms with Crippen molar-refractivity contribution >= 4 is 11.6 Å². The molecule has 0 unspecified atom stereocenters. The highest BCUT2D eigenvalue weighted by molar-refractivity contribution is 5.94. The molecule has 0 aromatic heterocycles. The van der Waals surface area contributed by atoms with Gasteiger partial charge in [0.05, 0.1) is 5.69 Å². The number of hydrazine groups is 1. The van der Waals surface area contributed by atoms with E-state index in [1.165, 1.54) is 5.01 Å². The summed E-state index contributed by atoms with van der Waals surface area (Å²) in [6, 6.07) is 9.66. The van der Waals surface area contributed by atoms with Gasteiger partial charge in [0.15, 0.2) is 0 Å². The molecule has 0 aliphatic carbocycles. The number of hydrazone groups is 1. The lowest BCUT2D eigenvalue weighted by atomic mass is 10.3. The molecule has 0 atom stereocenters. The normalized spacial score (nSPS) is 15.5. The molecule has 5 N–H and O–H groups in total. The summed E-state index contributed by atoms with van der Waals surface area (Å²) >= 11 is 0. The van der Waals surface area contributed by atoms with Gasteiger partial charge in [-0.1, -0.05) is 32.0 Å². The Hall–Kier alpha value is -1.79. The maximum absolute atomic E-state index is 6.04. The Morgan fingerprint density at radius 1 is 1.21 bits per heavy atom. The topological polar surface area (TPSA) is 82.9 Å². The molecule has 0 amide bonds. The number of nitrogens with zero attached hydrogens (tertiary/aromatic N) is 3. The van der Waals surface area contributed by atoms with Crippen LogP contribution in [0.5, 0.6) is 0 Å². The first kappa shape index (κ1) is 15.3. The van der Waals surface area contributed by atoms with Crippen LogP contribution in [0.4, 0.5) is 5.69 Å². The number of nitrogens with one attached hydrogen (secondary N) is 1. The smallest absolute Gasteiger partial charge is 0.237 e. The third kappa shape index (κ3) is 4.11. The molecule has 1 aliphatic rings. The zero-order valence-corrected chi connectivity index (χ0v) is 11.7. The quantitative estimate of drug-likeness (QED) is 0.298. The zero-order chi connectivity index (χ0) is 14.1. The first-order valence-electron chi connectivity index (χ1n) is 6.66. The standard InChI is InChI=1S/C11H18N6.C2H6/c12-15-11(16-8-6-14-7-9-16)17(13)10-4-2-1-3-5-10;1-2/h1-5,14H,6-9,12-13H2;1-2H3/b15-11-;. The summed E-state index contributed by atoms with van der Waals surface area (Å²) in [6.07, 6.45) is 0. The van der Waals surface area contributed by atoms with E-state index in [1.54, 1.807) is 0 Å². The summed E-state index contributed by atoms with van der Waals surface area (Å²) in [6.45, 7) is 7.55. The monoisotopic (exact) mass is 264 g/mol. The Kier molecular flexibility index (Phi) is 6.70. The van der Waals surface area contributed by atoms with Crippen molar-refractivity contribution in [1.29, 1.82) is 0 Å². The predicted molar refractivity (Wildman–Crippen MR) is 80.5 cm³/mol. The second-order valence-electron chi connectivity index (χ2n) is 3.87. The van der Waals surface area contributed by atoms with E-state index < -0.39 is 0 Å². The number of benzene rings is 1. The molecule has 6 heteroatoms. The predicted octanol–water partition coefficient (Wildman–Crippen LogP) is 0.528. The highest BCUT2D eigenvalue weighted by Gasteiger charge is 2.19. The van der Waals surface area contributed by atoms with Crippen LogP contribution >= 0.6 is 0 Å². The molecule has 0 bridgehead atoms. The van der Waals surface area contributed by atoms with Gasteiger partial charge in [-0.05, 0) is 12.1 Å². The van der Waals surface area contributed by atoms with Gasteiger partial charge in [0.25, 0.3) is 0 Å². The van der Waals surface area contributed by atoms with Gasteiger partial charge in [-0.3, -0.25) is 0 Å². The van der Waals surface area contributed by atoms with Crippen molar-refractivity contribution in [2.24, 2.45) is 16.8 Å². The van der Waals surface area contributed by atoms with Crippen molar-refractivity contribution in [3.8, 4) is 0 Å². The lowest BCUT2D eigenvalue weighted by molar-refractivity contribution is 0.351. The molecule has 6 nitrogen and oxygen atoms in total. The van der Waals surface area contributed by atoms with E-state index in [1.807, 2.05) is 44.2 Å². The Labute approximate surface area is 115 Å². The van der Waals surface area contributed by atoms with Gasteiger partial charge in [-0.25, -0.2) is 10.9 Å². The molecule has 1 aliphatic heterocycles. The second kappa shape index (κ2) is 8.34. The summed E-state index contributed by atoms with van der Waals surface area (Å²) in [5.74, 6) is 12.1. The van der Waals surface area contributed by atoms with E-state index in [4.69, 9.17) is 11.7 Å². The van der Waals surface area contributed by atoms with Crippen molar-refractivity contribution in [3.63, 3.8) is 0 Å². The number of rotatable bonds is 1. The van der Waals surface area contributed by atoms with E-state index in [-0.39, 0.29) is 0 Å². The molecular weight excluding hydrogens is 240 g/mol. The number of guanidine groups is 1. The van der Waals surface area contributed by atoms with Crippen LogP contribution in [0.2, 0.25) is 0 Å². The fourth-order valence-corrected chi connectivity index (χ4v) is 1.87. The summed E-state index contributed by atoms with van der Waals surface area (Å²) < 4.78 is 0. The SMILES string of the molecule is CC.N/N=C(/N1CCNCC1)N(N)c1ccccc1. The Bertz CT molecular complexity index is 372. The van der Waals surface area contributed by atoms with Gasteiger partial charge in [0, 0.05) is 26.2 Å². The van der Waals surface area contributed by atoms with Crippen LogP contribution in [0, 0.1) is 0 Å². The fraction of sp³-hybridized carbons (Fsp3) is 0.462. The van der Waals surface area contributed by atoms with Gasteiger partial charge in [-0.15, -0.1) is 5.10 Å². The van der Waals surface area contributed by atoms with Crippen LogP contribution in [0.3, 0.4) is 0 Å². The number of piperazine rings is 1. The molecule has 0 saturated carbocycles. The number of hydrogen-bond donors (Lipinski definition) is 3. The van der Waals surface area contributed by atoms with E-state index in [2.05, 4.69) is 15.3 Å². The van der Waals surface area contributed by atoms with Crippen LogP contribution in [-0.4, -0.2) is 37.0 Å². The summed E-state index contributed by atoms with van der Waals surface area (Å²) in [7, 11) is 0. The summed E-state index contributed by atoms with van der Waals surface area (Å²) in [4.78, 5) is 2.07. The van der Waals surface area contributed by atoms with Gasteiger partial charge >= 0.3 is 0 Å². The van der Waals surface area contributed by atoms with Crippen molar-refractivity contribution in [1.82, 2.24) is 10.2 Å². The third-order valence-corrected chi connectivity index (χ3v) is 2.77. The molecular formula is C13H24N6. The molecule has 1 saturated heterocycles. The molecule has 1 fully saturated rings. The first-order chi connectivity index (χ1) is 9.33. The highest BCUT2D eigenvalue weighted by atomic mass is 15.5. The number of para-hydroxylation sites is 1. The summed E-state index contributed by atoms with van der Waals surface area (Å²) in [5.41, 5.74) is 0.871. The Balaban J connectivity index is 0.000000861. The van der Waals surface area contributed by atoms with Crippen LogP contribution in [0.1, 0.15) is 13.8 Å². The summed E-state index contributed by atoms with van der Waals surface area (Å²) in [5, 5.41) is 8.60. The minimum Gasteiger partial charge on any atom is -0.337 e. The van der Waals surface area contributed by atoms with Crippen molar-refractivity contribution in [2.45, 2.75) is 13.8 Å². The molecule has 106 valence electrons. The van der Waals surface area contributed by atoms with E-state index >= 15 is 0 Å². The maximum Gasteiger partial charge on any atom is 0.237 e. The van der Waals surface area contributed by atoms with Crippen LogP contribution in [-0.2, 0) is 0 Å². The molecule has 19 heavy (non-hydrogen) atoms. The molecule has 0 radical (unpaired) electrons. The zero-order valence-electron chi connectivity index (χ0n) is 11.7. The van der Waals surface area contributed by atoms with Gasteiger partial charge < -0.3 is 16.1 Å². The number of nitrogens with two attached hydrogens (primary N) is 2. The van der Waals surface area contributed by atoms with E-state index in [9.17, 15) is 0 Å². The van der Waals surface area contributed by atoms with Crippen LogP contribution in [0.15, 0.2) is 35.4 Å². The molecule has 1 heterocycles. The minimum atomic E-state index is 0.595. The average molecular weight is 264 g/mol. The number of anilines is 1. The van der Waals surface area contributed by atoms with E-state index in [0.29, 0.717) is 5.96 Å². The molecule has 2 rings (SSSR count). The number of hydrogen-bond acceptors (Lipinski definition) is 4. The van der Waals surface area contributed by atoms with Gasteiger partial charge in [0.2, 0.25) is 5.96 Å². The van der Waals surface area contributed by atoms with Crippen LogP contribution in [0.25, 0.3) is 0 Å². The van der Waals surface area contributed by atoms with Gasteiger partial charge in [-0.2, -0.15) is 0 Å². The van der Waals surface area contributed by atoms with Gasteiger partial charge in [0.1, 0.15) is 0 Å². The minimum absolute atomic E-state index is 0.595. The Morgan fingerprint density at radius 2 is 1.79 bits per heavy atom. The third-order valence-electron chi connectivity index (χ3n) is 2.77. The lowest BCUT2D eigenvalue weighted by Gasteiger charge is -2.33. The Morgan fingerprint density at radius 3 is 2.32 bits per heavy atom. The molecule has 1 aromatic carbocycles.